The van der Waals surface area contributed by atoms with Crippen molar-refractivity contribution in [2.75, 3.05) is 19.7 Å². The molecule has 0 saturated carbocycles. The fourth-order valence-corrected chi connectivity index (χ4v) is 7.60. The van der Waals surface area contributed by atoms with E-state index in [0.29, 0.717) is 19.3 Å². The first-order valence-corrected chi connectivity index (χ1v) is 15.9. The number of nitrogens with zero attached hydrogens (tertiary/aromatic N) is 2. The Balaban J connectivity index is 2.00. The average Bonchev–Trinajstić information content (AvgIpc) is 3.52. The number of allylic oxidation sites excluding steroid dienone is 1. The minimum Gasteiger partial charge on any atom is -0.460 e. The Kier molecular flexibility index (Phi) is 11.1. The van der Waals surface area contributed by atoms with Crippen molar-refractivity contribution >= 4 is 39.6 Å². The second-order valence-corrected chi connectivity index (χ2v) is 14.0. The van der Waals surface area contributed by atoms with Crippen LogP contribution in [0, 0.1) is 17.8 Å². The lowest BCUT2D eigenvalue weighted by Crippen LogP contribution is -2.62. The zero-order chi connectivity index (χ0) is 31.6. The Morgan fingerprint density at radius 2 is 1.95 bits per heavy atom. The summed E-state index contributed by atoms with van der Waals surface area (Å²) in [6.07, 6.45) is 3.85. The molecule has 0 aromatic heterocycles. The van der Waals surface area contributed by atoms with Gasteiger partial charge in [0.1, 0.15) is 17.7 Å². The van der Waals surface area contributed by atoms with E-state index < -0.39 is 53.2 Å². The number of hydrogen-bond donors (Lipinski definition) is 2. The van der Waals surface area contributed by atoms with Gasteiger partial charge < -0.3 is 29.7 Å². The van der Waals surface area contributed by atoms with Crippen molar-refractivity contribution in [2.45, 2.75) is 107 Å². The van der Waals surface area contributed by atoms with Crippen LogP contribution in [0.1, 0.15) is 67.2 Å². The number of aliphatic hydroxyl groups is 1. The maximum absolute atomic E-state index is 14.5. The second-order valence-electron chi connectivity index (χ2n) is 12.8. The molecule has 3 fully saturated rings. The number of carbonyl (C=O) groups is 4. The molecule has 9 atom stereocenters. The molecule has 3 heterocycles. The molecule has 0 aromatic rings. The van der Waals surface area contributed by atoms with Crippen molar-refractivity contribution in [3.05, 3.63) is 25.3 Å². The van der Waals surface area contributed by atoms with Crippen molar-refractivity contribution in [3.8, 4) is 0 Å². The van der Waals surface area contributed by atoms with Crippen molar-refractivity contribution in [2.24, 2.45) is 17.8 Å². The Hall–Kier alpha value is -2.24. The van der Waals surface area contributed by atoms with Crippen molar-refractivity contribution in [1.29, 1.82) is 0 Å². The molecule has 236 valence electrons. The zero-order valence-electron chi connectivity index (χ0n) is 25.8. The van der Waals surface area contributed by atoms with Gasteiger partial charge in [0.2, 0.25) is 17.7 Å². The number of halogens is 1. The van der Waals surface area contributed by atoms with E-state index in [1.165, 1.54) is 4.90 Å². The summed E-state index contributed by atoms with van der Waals surface area (Å²) in [7, 11) is 0. The van der Waals surface area contributed by atoms with Crippen molar-refractivity contribution in [1.82, 2.24) is 15.1 Å². The van der Waals surface area contributed by atoms with E-state index in [9.17, 15) is 24.3 Å². The molecule has 0 radical (unpaired) electrons. The van der Waals surface area contributed by atoms with Gasteiger partial charge in [-0.25, -0.2) is 0 Å². The molecule has 11 heteroatoms. The lowest BCUT2D eigenvalue weighted by Gasteiger charge is -2.44. The molecule has 3 amide bonds. The van der Waals surface area contributed by atoms with E-state index in [4.69, 9.17) is 9.47 Å². The molecular weight excluding hydrogens is 606 g/mol. The van der Waals surface area contributed by atoms with Gasteiger partial charge in [-0.2, -0.15) is 0 Å². The summed E-state index contributed by atoms with van der Waals surface area (Å²) in [5.41, 5.74) is -1.86. The fourth-order valence-electron chi connectivity index (χ4n) is 6.66. The van der Waals surface area contributed by atoms with E-state index in [1.54, 1.807) is 24.0 Å². The molecule has 2 N–H and O–H groups in total. The van der Waals surface area contributed by atoms with E-state index >= 15 is 0 Å². The molecule has 42 heavy (non-hydrogen) atoms. The highest BCUT2D eigenvalue weighted by Crippen LogP contribution is 2.61. The van der Waals surface area contributed by atoms with E-state index in [0.717, 1.165) is 0 Å². The van der Waals surface area contributed by atoms with Crippen molar-refractivity contribution in [3.63, 3.8) is 0 Å². The number of rotatable bonds is 14. The SMILES string of the molecule is C=CCCC(=O)NC[C@@H](C)OC(=O)[C@H]1[C@@H]2O[C@@]3(CC2Br)[C@@H]1C(=O)N([C@@H](CO)[C@@H](C)CC)[C@@H]3C(=O)N(CC=C)C(C)(C)C. The Labute approximate surface area is 258 Å². The van der Waals surface area contributed by atoms with Gasteiger partial charge in [-0.05, 0) is 46.5 Å². The lowest BCUT2D eigenvalue weighted by molar-refractivity contribution is -0.160. The molecular formula is C31H48BrN3O7. The maximum Gasteiger partial charge on any atom is 0.312 e. The van der Waals surface area contributed by atoms with Crippen LogP contribution in [0.5, 0.6) is 0 Å². The molecule has 0 aliphatic carbocycles. The summed E-state index contributed by atoms with van der Waals surface area (Å²) in [6, 6.07) is -1.68. The number of amides is 3. The van der Waals surface area contributed by atoms with Crippen LogP contribution in [0.2, 0.25) is 0 Å². The van der Waals surface area contributed by atoms with Gasteiger partial charge in [0.05, 0.1) is 37.1 Å². The van der Waals surface area contributed by atoms with Crippen LogP contribution in [0.3, 0.4) is 0 Å². The molecule has 1 spiro atoms. The van der Waals surface area contributed by atoms with E-state index in [2.05, 4.69) is 34.4 Å². The van der Waals surface area contributed by atoms with E-state index in [-0.39, 0.29) is 54.6 Å². The molecule has 3 saturated heterocycles. The van der Waals surface area contributed by atoms with Gasteiger partial charge >= 0.3 is 5.97 Å². The minimum atomic E-state index is -1.27. The number of ether oxygens (including phenoxy) is 2. The molecule has 3 aliphatic rings. The molecule has 3 rings (SSSR count). The van der Waals surface area contributed by atoms with Gasteiger partial charge in [0, 0.05) is 23.3 Å². The highest BCUT2D eigenvalue weighted by atomic mass is 79.9. The minimum absolute atomic E-state index is 0.112. The predicted molar refractivity (Wildman–Crippen MR) is 163 cm³/mol. The normalized spacial score (nSPS) is 30.3. The number of carbonyl (C=O) groups excluding carboxylic acids is 4. The number of aliphatic hydroxyl groups excluding tert-OH is 1. The number of fused-ring (bicyclic) bond motifs is 1. The monoisotopic (exact) mass is 653 g/mol. The smallest absolute Gasteiger partial charge is 0.312 e. The predicted octanol–water partition coefficient (Wildman–Crippen LogP) is 2.97. The highest BCUT2D eigenvalue weighted by Gasteiger charge is 2.78. The molecule has 10 nitrogen and oxygen atoms in total. The summed E-state index contributed by atoms with van der Waals surface area (Å²) >= 11 is 3.68. The van der Waals surface area contributed by atoms with E-state index in [1.807, 2.05) is 34.6 Å². The van der Waals surface area contributed by atoms with Crippen LogP contribution in [0.25, 0.3) is 0 Å². The zero-order valence-corrected chi connectivity index (χ0v) is 27.4. The molecule has 3 aliphatic heterocycles. The van der Waals surface area contributed by atoms with Gasteiger partial charge in [-0.1, -0.05) is 48.4 Å². The number of likely N-dealkylation sites (tertiary alicyclic amines) is 1. The second kappa shape index (κ2) is 13.6. The Morgan fingerprint density at radius 3 is 2.50 bits per heavy atom. The van der Waals surface area contributed by atoms with Gasteiger partial charge in [-0.3, -0.25) is 19.2 Å². The maximum atomic E-state index is 14.5. The third-order valence-corrected chi connectivity index (χ3v) is 9.79. The molecule has 0 aromatic carbocycles. The first-order chi connectivity index (χ1) is 19.7. The third kappa shape index (κ3) is 6.33. The van der Waals surface area contributed by atoms with Crippen LogP contribution in [-0.2, 0) is 28.7 Å². The van der Waals surface area contributed by atoms with Crippen LogP contribution < -0.4 is 5.32 Å². The number of nitrogens with one attached hydrogen (secondary N) is 1. The van der Waals surface area contributed by atoms with Crippen molar-refractivity contribution < 1.29 is 33.8 Å². The molecule has 2 bridgehead atoms. The topological polar surface area (TPSA) is 125 Å². The summed E-state index contributed by atoms with van der Waals surface area (Å²) in [4.78, 5) is 57.6. The Morgan fingerprint density at radius 1 is 1.29 bits per heavy atom. The highest BCUT2D eigenvalue weighted by molar-refractivity contribution is 9.09. The number of alkyl halides is 1. The summed E-state index contributed by atoms with van der Waals surface area (Å²) < 4.78 is 12.4. The third-order valence-electron chi connectivity index (χ3n) is 8.95. The first-order valence-electron chi connectivity index (χ1n) is 14.9. The fraction of sp³-hybridized carbons (Fsp3) is 0.742. The van der Waals surface area contributed by atoms with Crippen LogP contribution >= 0.6 is 15.9 Å². The number of esters is 1. The first kappa shape index (κ1) is 34.3. The summed E-state index contributed by atoms with van der Waals surface area (Å²) in [5.74, 6) is -3.47. The number of hydrogen-bond acceptors (Lipinski definition) is 7. The van der Waals surface area contributed by atoms with Gasteiger partial charge in [0.25, 0.3) is 0 Å². The standard InChI is InChI=1S/C31H48BrN3O7/c1-9-12-13-22(37)33-16-19(5)41-29(40)23-24-27(38)35(21(17-36)18(4)11-3)26(31(24)15-20(32)25(23)42-31)28(39)34(14-10-2)30(6,7)8/h9-10,18-21,23-26,36H,1-2,11-17H2,3-8H3,(H,33,37)/t18-,19+,20?,21-,23+,24-,25+,26+,31-/m0/s1. The largest absolute Gasteiger partial charge is 0.460 e. The average molecular weight is 655 g/mol. The van der Waals surface area contributed by atoms with Crippen LogP contribution in [0.15, 0.2) is 25.3 Å². The quantitative estimate of drug-likeness (QED) is 0.168. The molecule has 1 unspecified atom stereocenters. The Bertz CT molecular complexity index is 1060. The van der Waals surface area contributed by atoms with Crippen LogP contribution in [0.4, 0.5) is 0 Å². The lowest BCUT2D eigenvalue weighted by atomic mass is 9.70. The van der Waals surface area contributed by atoms with Gasteiger partial charge in [0.15, 0.2) is 0 Å². The summed E-state index contributed by atoms with van der Waals surface area (Å²) in [5, 5.41) is 13.3. The van der Waals surface area contributed by atoms with Gasteiger partial charge in [-0.15, -0.1) is 13.2 Å². The summed E-state index contributed by atoms with van der Waals surface area (Å²) in [6.45, 7) is 18.8. The van der Waals surface area contributed by atoms with Crippen LogP contribution in [-0.4, -0.2) is 98.6 Å².